The first-order chi connectivity index (χ1) is 14.0. The SMILES string of the molecule is Cc1cc(=O)n(CCC(=O)Nc2nc(-c3ccc(Cl)cc3)cs2)c2ccccc12. The average Bonchev–Trinajstić information content (AvgIpc) is 3.16. The number of pyridine rings is 1. The molecule has 0 saturated carbocycles. The van der Waals surface area contributed by atoms with E-state index in [4.69, 9.17) is 11.6 Å². The molecule has 0 spiro atoms. The minimum absolute atomic E-state index is 0.103. The van der Waals surface area contributed by atoms with Crippen LogP contribution in [0.1, 0.15) is 12.0 Å². The maximum absolute atomic E-state index is 12.4. The molecule has 2 heterocycles. The van der Waals surface area contributed by atoms with Gasteiger partial charge in [0.25, 0.3) is 5.56 Å². The van der Waals surface area contributed by atoms with Crippen LogP contribution >= 0.6 is 22.9 Å². The molecule has 1 amide bonds. The Balaban J connectivity index is 1.46. The smallest absolute Gasteiger partial charge is 0.251 e. The topological polar surface area (TPSA) is 64.0 Å². The monoisotopic (exact) mass is 423 g/mol. The van der Waals surface area contributed by atoms with Gasteiger partial charge in [0, 0.05) is 40.4 Å². The van der Waals surface area contributed by atoms with Crippen LogP contribution < -0.4 is 10.9 Å². The Morgan fingerprint density at radius 1 is 1.17 bits per heavy atom. The van der Waals surface area contributed by atoms with E-state index >= 15 is 0 Å². The molecule has 0 saturated heterocycles. The zero-order valence-electron chi connectivity index (χ0n) is 15.7. The summed E-state index contributed by atoms with van der Waals surface area (Å²) >= 11 is 7.28. The molecule has 4 rings (SSSR count). The Hall–Kier alpha value is -2.96. The Morgan fingerprint density at radius 3 is 2.72 bits per heavy atom. The normalized spacial score (nSPS) is 11.0. The van der Waals surface area contributed by atoms with Crippen molar-refractivity contribution in [2.24, 2.45) is 0 Å². The summed E-state index contributed by atoms with van der Waals surface area (Å²) in [6.45, 7) is 2.22. The third-order valence-electron chi connectivity index (χ3n) is 4.68. The van der Waals surface area contributed by atoms with Crippen LogP contribution in [-0.2, 0) is 11.3 Å². The molecular formula is C22H18ClN3O2S. The van der Waals surface area contributed by atoms with E-state index < -0.39 is 0 Å². The predicted octanol–water partition coefficient (Wildman–Crippen LogP) is 5.12. The summed E-state index contributed by atoms with van der Waals surface area (Å²) < 4.78 is 1.64. The van der Waals surface area contributed by atoms with Crippen LogP contribution in [0.2, 0.25) is 5.02 Å². The van der Waals surface area contributed by atoms with Gasteiger partial charge in [-0.2, -0.15) is 0 Å². The van der Waals surface area contributed by atoms with Crippen LogP contribution in [0.5, 0.6) is 0 Å². The van der Waals surface area contributed by atoms with E-state index in [1.165, 1.54) is 11.3 Å². The van der Waals surface area contributed by atoms with Gasteiger partial charge in [0.1, 0.15) is 0 Å². The van der Waals surface area contributed by atoms with Crippen molar-refractivity contribution in [2.45, 2.75) is 19.9 Å². The summed E-state index contributed by atoms with van der Waals surface area (Å²) in [6, 6.07) is 16.7. The Kier molecular flexibility index (Phi) is 5.47. The minimum atomic E-state index is -0.182. The number of carbonyl (C=O) groups excluding carboxylic acids is 1. The largest absolute Gasteiger partial charge is 0.308 e. The molecule has 1 N–H and O–H groups in total. The quantitative estimate of drug-likeness (QED) is 0.484. The summed E-state index contributed by atoms with van der Waals surface area (Å²) in [5, 5.41) is 6.91. The second-order valence-corrected chi connectivity index (χ2v) is 7.97. The molecule has 2 aromatic carbocycles. The van der Waals surface area contributed by atoms with Crippen LogP contribution in [0.3, 0.4) is 0 Å². The van der Waals surface area contributed by atoms with Crippen LogP contribution in [0.4, 0.5) is 5.13 Å². The molecule has 5 nitrogen and oxygen atoms in total. The summed E-state index contributed by atoms with van der Waals surface area (Å²) in [4.78, 5) is 29.3. The van der Waals surface area contributed by atoms with Crippen molar-refractivity contribution >= 4 is 44.9 Å². The van der Waals surface area contributed by atoms with Crippen molar-refractivity contribution < 1.29 is 4.79 Å². The van der Waals surface area contributed by atoms with Gasteiger partial charge in [0.2, 0.25) is 5.91 Å². The number of aryl methyl sites for hydroxylation is 2. The number of carbonyl (C=O) groups is 1. The van der Waals surface area contributed by atoms with E-state index in [1.807, 2.05) is 48.7 Å². The second-order valence-electron chi connectivity index (χ2n) is 6.68. The fourth-order valence-electron chi connectivity index (χ4n) is 3.21. The lowest BCUT2D eigenvalue weighted by Gasteiger charge is -2.11. The van der Waals surface area contributed by atoms with Crippen molar-refractivity contribution in [2.75, 3.05) is 5.32 Å². The summed E-state index contributed by atoms with van der Waals surface area (Å²) in [6.07, 6.45) is 0.183. The Bertz CT molecular complexity index is 1250. The van der Waals surface area contributed by atoms with Gasteiger partial charge in [-0.3, -0.25) is 9.59 Å². The van der Waals surface area contributed by atoms with Gasteiger partial charge < -0.3 is 9.88 Å². The van der Waals surface area contributed by atoms with Crippen LogP contribution in [0, 0.1) is 6.92 Å². The number of halogens is 1. The van der Waals surface area contributed by atoms with Crippen molar-refractivity contribution in [1.82, 2.24) is 9.55 Å². The van der Waals surface area contributed by atoms with E-state index in [0.29, 0.717) is 16.7 Å². The van der Waals surface area contributed by atoms with Crippen molar-refractivity contribution in [3.63, 3.8) is 0 Å². The predicted molar refractivity (Wildman–Crippen MR) is 119 cm³/mol. The van der Waals surface area contributed by atoms with E-state index in [2.05, 4.69) is 10.3 Å². The third kappa shape index (κ3) is 4.23. The number of hydrogen-bond donors (Lipinski definition) is 1. The average molecular weight is 424 g/mol. The Morgan fingerprint density at radius 2 is 1.93 bits per heavy atom. The lowest BCUT2D eigenvalue weighted by atomic mass is 10.1. The maximum atomic E-state index is 12.4. The molecule has 0 aliphatic heterocycles. The van der Waals surface area contributed by atoms with Gasteiger partial charge >= 0.3 is 0 Å². The van der Waals surface area contributed by atoms with Crippen LogP contribution in [-0.4, -0.2) is 15.5 Å². The first kappa shape index (κ1) is 19.4. The molecule has 0 fully saturated rings. The third-order valence-corrected chi connectivity index (χ3v) is 5.69. The zero-order valence-corrected chi connectivity index (χ0v) is 17.3. The fourth-order valence-corrected chi connectivity index (χ4v) is 4.07. The number of hydrogen-bond acceptors (Lipinski definition) is 4. The van der Waals surface area contributed by atoms with Gasteiger partial charge in [0.15, 0.2) is 5.13 Å². The van der Waals surface area contributed by atoms with Crippen LogP contribution in [0.25, 0.3) is 22.2 Å². The summed E-state index contributed by atoms with van der Waals surface area (Å²) in [5.41, 5.74) is 3.38. The highest BCUT2D eigenvalue weighted by Crippen LogP contribution is 2.26. The highest BCUT2D eigenvalue weighted by atomic mass is 35.5. The molecule has 29 heavy (non-hydrogen) atoms. The lowest BCUT2D eigenvalue weighted by molar-refractivity contribution is -0.116. The van der Waals surface area contributed by atoms with E-state index in [9.17, 15) is 9.59 Å². The summed E-state index contributed by atoms with van der Waals surface area (Å²) in [7, 11) is 0. The zero-order chi connectivity index (χ0) is 20.4. The highest BCUT2D eigenvalue weighted by molar-refractivity contribution is 7.14. The number of benzene rings is 2. The van der Waals surface area contributed by atoms with Crippen molar-refractivity contribution in [3.05, 3.63) is 80.9 Å². The maximum Gasteiger partial charge on any atom is 0.251 e. The molecular weight excluding hydrogens is 406 g/mol. The number of nitrogens with zero attached hydrogens (tertiary/aromatic N) is 2. The highest BCUT2D eigenvalue weighted by Gasteiger charge is 2.11. The molecule has 0 aliphatic carbocycles. The van der Waals surface area contributed by atoms with Gasteiger partial charge in [-0.1, -0.05) is 41.9 Å². The van der Waals surface area contributed by atoms with E-state index in [1.54, 1.807) is 22.8 Å². The van der Waals surface area contributed by atoms with Crippen LogP contribution in [0.15, 0.2) is 64.8 Å². The molecule has 2 aromatic heterocycles. The first-order valence-electron chi connectivity index (χ1n) is 9.12. The molecule has 0 unspecified atom stereocenters. The number of thiazole rings is 1. The van der Waals surface area contributed by atoms with E-state index in [0.717, 1.165) is 27.7 Å². The number of para-hydroxylation sites is 1. The molecule has 0 aliphatic rings. The van der Waals surface area contributed by atoms with E-state index in [-0.39, 0.29) is 17.9 Å². The molecule has 0 radical (unpaired) electrons. The lowest BCUT2D eigenvalue weighted by Crippen LogP contribution is -2.23. The number of rotatable bonds is 5. The Labute approximate surface area is 176 Å². The molecule has 146 valence electrons. The number of aromatic nitrogens is 2. The second kappa shape index (κ2) is 8.19. The summed E-state index contributed by atoms with van der Waals surface area (Å²) in [5.74, 6) is -0.182. The number of fused-ring (bicyclic) bond motifs is 1. The van der Waals surface area contributed by atoms with Gasteiger partial charge in [0.05, 0.1) is 11.2 Å². The standard InChI is InChI=1S/C22H18ClN3O2S/c1-14-12-21(28)26(19-5-3-2-4-17(14)19)11-10-20(27)25-22-24-18(13-29-22)15-6-8-16(23)9-7-15/h2-9,12-13H,10-11H2,1H3,(H,24,25,27). The van der Waals surface area contributed by atoms with Crippen molar-refractivity contribution in [3.8, 4) is 11.3 Å². The first-order valence-corrected chi connectivity index (χ1v) is 10.4. The molecule has 0 atom stereocenters. The van der Waals surface area contributed by atoms with Gasteiger partial charge in [-0.05, 0) is 30.7 Å². The van der Waals surface area contributed by atoms with Crippen molar-refractivity contribution in [1.29, 1.82) is 0 Å². The number of amides is 1. The minimum Gasteiger partial charge on any atom is -0.308 e. The number of nitrogens with one attached hydrogen (secondary N) is 1. The molecule has 0 bridgehead atoms. The fraction of sp³-hybridized carbons (Fsp3) is 0.136. The molecule has 7 heteroatoms. The molecule has 4 aromatic rings. The number of anilines is 1. The van der Waals surface area contributed by atoms with Gasteiger partial charge in [-0.25, -0.2) is 4.98 Å². The van der Waals surface area contributed by atoms with Gasteiger partial charge in [-0.15, -0.1) is 11.3 Å².